The van der Waals surface area contributed by atoms with Gasteiger partial charge in [0.25, 0.3) is 0 Å². The summed E-state index contributed by atoms with van der Waals surface area (Å²) in [6.45, 7) is 0. The summed E-state index contributed by atoms with van der Waals surface area (Å²) >= 11 is 0. The molecule has 0 amide bonds. The van der Waals surface area contributed by atoms with E-state index in [1.165, 1.54) is 0 Å². The predicted octanol–water partition coefficient (Wildman–Crippen LogP) is 2.42. The molecule has 0 N–H and O–H groups in total. The van der Waals surface area contributed by atoms with Crippen molar-refractivity contribution in [2.24, 2.45) is 0 Å². The first-order valence-corrected chi connectivity index (χ1v) is 4.57. The summed E-state index contributed by atoms with van der Waals surface area (Å²) in [4.78, 5) is 7.11. The van der Waals surface area contributed by atoms with Crippen molar-refractivity contribution >= 4 is 0 Å². The molecule has 1 heterocycles. The average molecular weight is 220 g/mol. The molecule has 0 aliphatic carbocycles. The van der Waals surface area contributed by atoms with Crippen LogP contribution >= 0.6 is 0 Å². The Morgan fingerprint density at radius 1 is 1.12 bits per heavy atom. The SMILES string of the molecule is COc1cccc(Oc2cc(F)ncn2)c1. The van der Waals surface area contributed by atoms with E-state index in [1.54, 1.807) is 31.4 Å². The molecule has 0 fully saturated rings. The van der Waals surface area contributed by atoms with Gasteiger partial charge in [-0.15, -0.1) is 0 Å². The Morgan fingerprint density at radius 3 is 2.69 bits per heavy atom. The van der Waals surface area contributed by atoms with Crippen molar-refractivity contribution in [1.29, 1.82) is 0 Å². The molecule has 0 unspecified atom stereocenters. The largest absolute Gasteiger partial charge is 0.497 e. The van der Waals surface area contributed by atoms with Gasteiger partial charge in [0.15, 0.2) is 0 Å². The summed E-state index contributed by atoms with van der Waals surface area (Å²) in [5.74, 6) is 0.707. The van der Waals surface area contributed by atoms with E-state index < -0.39 is 5.95 Å². The zero-order valence-corrected chi connectivity index (χ0v) is 8.55. The minimum absolute atomic E-state index is 0.153. The van der Waals surface area contributed by atoms with Crippen LogP contribution in [0.4, 0.5) is 4.39 Å². The second-order valence-electron chi connectivity index (χ2n) is 2.96. The Labute approximate surface area is 91.7 Å². The summed E-state index contributed by atoms with van der Waals surface area (Å²) < 4.78 is 23.1. The first kappa shape index (κ1) is 10.4. The van der Waals surface area contributed by atoms with Crippen molar-refractivity contribution in [1.82, 2.24) is 9.97 Å². The van der Waals surface area contributed by atoms with E-state index in [0.717, 1.165) is 12.4 Å². The van der Waals surface area contributed by atoms with Crippen molar-refractivity contribution < 1.29 is 13.9 Å². The van der Waals surface area contributed by atoms with Gasteiger partial charge >= 0.3 is 0 Å². The molecule has 0 radical (unpaired) electrons. The molecule has 0 saturated carbocycles. The summed E-state index contributed by atoms with van der Waals surface area (Å²) in [5, 5.41) is 0. The molecule has 2 rings (SSSR count). The number of ether oxygens (including phenoxy) is 2. The molecular formula is C11H9FN2O2. The van der Waals surface area contributed by atoms with Crippen LogP contribution in [0.1, 0.15) is 0 Å². The van der Waals surface area contributed by atoms with Gasteiger partial charge in [-0.3, -0.25) is 0 Å². The van der Waals surface area contributed by atoms with Crippen LogP contribution < -0.4 is 9.47 Å². The summed E-state index contributed by atoms with van der Waals surface area (Å²) in [7, 11) is 1.56. The third-order valence-electron chi connectivity index (χ3n) is 1.87. The number of hydrogen-bond donors (Lipinski definition) is 0. The van der Waals surface area contributed by atoms with Gasteiger partial charge < -0.3 is 9.47 Å². The van der Waals surface area contributed by atoms with Crippen molar-refractivity contribution in [2.75, 3.05) is 7.11 Å². The van der Waals surface area contributed by atoms with E-state index in [9.17, 15) is 4.39 Å². The Kier molecular flexibility index (Phi) is 2.95. The van der Waals surface area contributed by atoms with Crippen molar-refractivity contribution in [2.45, 2.75) is 0 Å². The van der Waals surface area contributed by atoms with Crippen LogP contribution in [0.5, 0.6) is 17.4 Å². The third-order valence-corrected chi connectivity index (χ3v) is 1.87. The van der Waals surface area contributed by atoms with E-state index in [4.69, 9.17) is 9.47 Å². The Balaban J connectivity index is 2.20. The minimum atomic E-state index is -0.632. The first-order valence-electron chi connectivity index (χ1n) is 4.57. The van der Waals surface area contributed by atoms with Crippen LogP contribution in [0.15, 0.2) is 36.7 Å². The van der Waals surface area contributed by atoms with Crippen molar-refractivity contribution in [3.05, 3.63) is 42.6 Å². The second-order valence-corrected chi connectivity index (χ2v) is 2.96. The van der Waals surface area contributed by atoms with Crippen LogP contribution in [0.2, 0.25) is 0 Å². The number of benzene rings is 1. The Hall–Kier alpha value is -2.17. The van der Waals surface area contributed by atoms with Crippen LogP contribution in [0, 0.1) is 5.95 Å². The summed E-state index contributed by atoms with van der Waals surface area (Å²) in [6.07, 6.45) is 1.10. The molecule has 5 heteroatoms. The lowest BCUT2D eigenvalue weighted by Crippen LogP contribution is -1.91. The van der Waals surface area contributed by atoms with E-state index in [2.05, 4.69) is 9.97 Å². The summed E-state index contributed by atoms with van der Waals surface area (Å²) in [6, 6.07) is 8.07. The van der Waals surface area contributed by atoms with Gasteiger partial charge in [-0.2, -0.15) is 4.39 Å². The fourth-order valence-corrected chi connectivity index (χ4v) is 1.16. The van der Waals surface area contributed by atoms with Gasteiger partial charge in [-0.1, -0.05) is 6.07 Å². The Bertz CT molecular complexity index is 491. The molecule has 1 aromatic heterocycles. The topological polar surface area (TPSA) is 44.2 Å². The monoisotopic (exact) mass is 220 g/mol. The van der Waals surface area contributed by atoms with Crippen molar-refractivity contribution in [3.8, 4) is 17.4 Å². The number of halogens is 1. The van der Waals surface area contributed by atoms with Gasteiger partial charge in [-0.05, 0) is 12.1 Å². The molecule has 0 spiro atoms. The molecule has 1 aromatic carbocycles. The molecule has 4 nitrogen and oxygen atoms in total. The molecule has 2 aromatic rings. The van der Waals surface area contributed by atoms with E-state index in [-0.39, 0.29) is 5.88 Å². The maximum Gasteiger partial charge on any atom is 0.225 e. The molecule has 0 bridgehead atoms. The van der Waals surface area contributed by atoms with Gasteiger partial charge in [-0.25, -0.2) is 9.97 Å². The first-order chi connectivity index (χ1) is 7.78. The number of methoxy groups -OCH3 is 1. The number of nitrogens with zero attached hydrogens (tertiary/aromatic N) is 2. The van der Waals surface area contributed by atoms with E-state index in [0.29, 0.717) is 11.5 Å². The lowest BCUT2D eigenvalue weighted by atomic mass is 10.3. The molecule has 0 aliphatic rings. The molecule has 0 saturated heterocycles. The zero-order chi connectivity index (χ0) is 11.4. The summed E-state index contributed by atoms with van der Waals surface area (Å²) in [5.41, 5.74) is 0. The van der Waals surface area contributed by atoms with Crippen LogP contribution in [-0.4, -0.2) is 17.1 Å². The van der Waals surface area contributed by atoms with Gasteiger partial charge in [0.1, 0.15) is 17.8 Å². The molecule has 0 atom stereocenters. The van der Waals surface area contributed by atoms with E-state index in [1.807, 2.05) is 0 Å². The number of rotatable bonds is 3. The number of aromatic nitrogens is 2. The fourth-order valence-electron chi connectivity index (χ4n) is 1.16. The fraction of sp³-hybridized carbons (Fsp3) is 0.0909. The highest BCUT2D eigenvalue weighted by molar-refractivity contribution is 5.34. The van der Waals surface area contributed by atoms with Gasteiger partial charge in [0.2, 0.25) is 11.8 Å². The minimum Gasteiger partial charge on any atom is -0.497 e. The maximum atomic E-state index is 12.8. The zero-order valence-electron chi connectivity index (χ0n) is 8.55. The molecule has 82 valence electrons. The third kappa shape index (κ3) is 2.44. The lowest BCUT2D eigenvalue weighted by molar-refractivity contribution is 0.406. The average Bonchev–Trinajstić information content (AvgIpc) is 2.29. The highest BCUT2D eigenvalue weighted by atomic mass is 19.1. The molecular weight excluding hydrogens is 211 g/mol. The highest BCUT2D eigenvalue weighted by Gasteiger charge is 2.01. The smallest absolute Gasteiger partial charge is 0.225 e. The normalized spacial score (nSPS) is 9.88. The standard InChI is InChI=1S/C11H9FN2O2/c1-15-8-3-2-4-9(5-8)16-11-6-10(12)13-7-14-11/h2-7H,1H3. The second kappa shape index (κ2) is 4.57. The van der Waals surface area contributed by atoms with Crippen LogP contribution in [-0.2, 0) is 0 Å². The van der Waals surface area contributed by atoms with Crippen LogP contribution in [0.3, 0.4) is 0 Å². The lowest BCUT2D eigenvalue weighted by Gasteiger charge is -2.05. The Morgan fingerprint density at radius 2 is 1.94 bits per heavy atom. The quantitative estimate of drug-likeness (QED) is 0.745. The van der Waals surface area contributed by atoms with Crippen LogP contribution in [0.25, 0.3) is 0 Å². The molecule has 16 heavy (non-hydrogen) atoms. The number of hydrogen-bond acceptors (Lipinski definition) is 4. The van der Waals surface area contributed by atoms with Gasteiger partial charge in [0.05, 0.1) is 13.2 Å². The van der Waals surface area contributed by atoms with Crippen molar-refractivity contribution in [3.63, 3.8) is 0 Å². The molecule has 0 aliphatic heterocycles. The predicted molar refractivity (Wildman–Crippen MR) is 55.1 cm³/mol. The highest BCUT2D eigenvalue weighted by Crippen LogP contribution is 2.23. The van der Waals surface area contributed by atoms with E-state index >= 15 is 0 Å². The maximum absolute atomic E-state index is 12.8. The van der Waals surface area contributed by atoms with Gasteiger partial charge in [0, 0.05) is 6.07 Å².